The van der Waals surface area contributed by atoms with Crippen LogP contribution >= 0.6 is 0 Å². The molecule has 4 N–H and O–H groups in total. The van der Waals surface area contributed by atoms with Gasteiger partial charge < -0.3 is 16.2 Å². The van der Waals surface area contributed by atoms with Crippen LogP contribution in [0.5, 0.6) is 5.75 Å². The summed E-state index contributed by atoms with van der Waals surface area (Å²) in [6.45, 7) is 6.20. The molecule has 120 valence electrons. The Labute approximate surface area is 130 Å². The van der Waals surface area contributed by atoms with Gasteiger partial charge >= 0.3 is 0 Å². The Morgan fingerprint density at radius 1 is 1.23 bits per heavy atom. The van der Waals surface area contributed by atoms with Crippen molar-refractivity contribution in [2.45, 2.75) is 39.0 Å². The highest BCUT2D eigenvalue weighted by Crippen LogP contribution is 2.21. The van der Waals surface area contributed by atoms with E-state index in [4.69, 9.17) is 21.0 Å². The number of hydroxylamine groups is 2. The van der Waals surface area contributed by atoms with Gasteiger partial charge in [0, 0.05) is 6.42 Å². The minimum Gasteiger partial charge on any atom is -0.493 e. The average Bonchev–Trinajstić information content (AvgIpc) is 2.43. The number of benzene rings is 1. The topological polar surface area (TPSA) is 98.5 Å². The summed E-state index contributed by atoms with van der Waals surface area (Å²) in [4.78, 5) is 14.0. The molecule has 1 aromatic carbocycles. The SMILES string of the molecule is C[C@H](CCOc1ccccc1)ON1C(N)=NC(N)=NC1(C)C. The molecule has 1 atom stereocenters. The number of nitrogens with zero attached hydrogens (tertiary/aromatic N) is 3. The Balaban J connectivity index is 1.84. The summed E-state index contributed by atoms with van der Waals surface area (Å²) < 4.78 is 5.65. The van der Waals surface area contributed by atoms with Crippen molar-refractivity contribution in [3.63, 3.8) is 0 Å². The average molecular weight is 305 g/mol. The predicted molar refractivity (Wildman–Crippen MR) is 86.3 cm³/mol. The molecule has 0 unspecified atom stereocenters. The van der Waals surface area contributed by atoms with Crippen LogP contribution < -0.4 is 16.2 Å². The van der Waals surface area contributed by atoms with E-state index in [0.717, 1.165) is 5.75 Å². The zero-order chi connectivity index (χ0) is 16.2. The maximum atomic E-state index is 5.87. The quantitative estimate of drug-likeness (QED) is 0.829. The molecule has 1 aliphatic rings. The highest BCUT2D eigenvalue weighted by Gasteiger charge is 2.34. The Morgan fingerprint density at radius 3 is 2.55 bits per heavy atom. The zero-order valence-electron chi connectivity index (χ0n) is 13.2. The highest BCUT2D eigenvalue weighted by molar-refractivity contribution is 5.95. The number of rotatable bonds is 6. The molecule has 0 saturated carbocycles. The van der Waals surface area contributed by atoms with E-state index in [2.05, 4.69) is 9.98 Å². The van der Waals surface area contributed by atoms with E-state index in [1.807, 2.05) is 51.1 Å². The lowest BCUT2D eigenvalue weighted by atomic mass is 10.2. The smallest absolute Gasteiger partial charge is 0.226 e. The molecule has 0 bridgehead atoms. The van der Waals surface area contributed by atoms with Gasteiger partial charge in [0.05, 0.1) is 12.7 Å². The van der Waals surface area contributed by atoms with Gasteiger partial charge in [0.15, 0.2) is 5.66 Å². The van der Waals surface area contributed by atoms with Gasteiger partial charge in [-0.05, 0) is 32.9 Å². The van der Waals surface area contributed by atoms with Gasteiger partial charge in [-0.25, -0.2) is 4.99 Å². The van der Waals surface area contributed by atoms with E-state index in [1.54, 1.807) is 0 Å². The van der Waals surface area contributed by atoms with Crippen LogP contribution in [-0.4, -0.2) is 35.4 Å². The first-order valence-electron chi connectivity index (χ1n) is 7.23. The third-order valence-corrected chi connectivity index (χ3v) is 3.14. The summed E-state index contributed by atoms with van der Waals surface area (Å²) in [5.74, 6) is 1.20. The highest BCUT2D eigenvalue weighted by atomic mass is 16.7. The second-order valence-electron chi connectivity index (χ2n) is 5.60. The van der Waals surface area contributed by atoms with Crippen LogP contribution in [0.15, 0.2) is 40.3 Å². The number of hydrogen-bond donors (Lipinski definition) is 2. The molecule has 1 aromatic rings. The first-order chi connectivity index (χ1) is 10.4. The van der Waals surface area contributed by atoms with Crippen LogP contribution in [0, 0.1) is 0 Å². The van der Waals surface area contributed by atoms with E-state index in [0.29, 0.717) is 13.0 Å². The van der Waals surface area contributed by atoms with Crippen molar-refractivity contribution < 1.29 is 9.57 Å². The first-order valence-corrected chi connectivity index (χ1v) is 7.23. The fraction of sp³-hybridized carbons (Fsp3) is 0.467. The van der Waals surface area contributed by atoms with Crippen molar-refractivity contribution in [1.29, 1.82) is 0 Å². The van der Waals surface area contributed by atoms with Crippen LogP contribution in [0.2, 0.25) is 0 Å². The molecular formula is C15H23N5O2. The lowest BCUT2D eigenvalue weighted by molar-refractivity contribution is -0.192. The number of nitrogens with two attached hydrogens (primary N) is 2. The second kappa shape index (κ2) is 6.65. The van der Waals surface area contributed by atoms with Gasteiger partial charge in [-0.3, -0.25) is 4.84 Å². The van der Waals surface area contributed by atoms with Crippen molar-refractivity contribution in [1.82, 2.24) is 5.06 Å². The molecule has 0 amide bonds. The molecular weight excluding hydrogens is 282 g/mol. The van der Waals surface area contributed by atoms with Crippen LogP contribution in [-0.2, 0) is 4.84 Å². The first kappa shape index (κ1) is 16.1. The second-order valence-corrected chi connectivity index (χ2v) is 5.60. The van der Waals surface area contributed by atoms with Gasteiger partial charge in [-0.15, -0.1) is 0 Å². The molecule has 0 fully saturated rings. The zero-order valence-corrected chi connectivity index (χ0v) is 13.2. The number of aliphatic imine (C=N–C) groups is 2. The summed E-state index contributed by atoms with van der Waals surface area (Å²) in [6, 6.07) is 9.66. The number of ether oxygens (including phenoxy) is 1. The molecule has 2 rings (SSSR count). The van der Waals surface area contributed by atoms with Crippen molar-refractivity contribution in [2.24, 2.45) is 21.5 Å². The molecule has 7 nitrogen and oxygen atoms in total. The minimum absolute atomic E-state index is 0.105. The normalized spacial score (nSPS) is 18.4. The molecule has 0 spiro atoms. The maximum Gasteiger partial charge on any atom is 0.226 e. The summed E-state index contributed by atoms with van der Waals surface area (Å²) in [5.41, 5.74) is 10.8. The molecule has 1 heterocycles. The van der Waals surface area contributed by atoms with Gasteiger partial charge in [0.25, 0.3) is 0 Å². The maximum absolute atomic E-state index is 5.87. The fourth-order valence-corrected chi connectivity index (χ4v) is 2.07. The molecule has 0 aromatic heterocycles. The largest absolute Gasteiger partial charge is 0.493 e. The Hall–Kier alpha value is -2.28. The van der Waals surface area contributed by atoms with E-state index in [-0.39, 0.29) is 18.0 Å². The van der Waals surface area contributed by atoms with Crippen molar-refractivity contribution in [3.8, 4) is 5.75 Å². The van der Waals surface area contributed by atoms with E-state index < -0.39 is 5.66 Å². The van der Waals surface area contributed by atoms with E-state index >= 15 is 0 Å². The lowest BCUT2D eigenvalue weighted by Crippen LogP contribution is -2.54. The van der Waals surface area contributed by atoms with Gasteiger partial charge in [-0.2, -0.15) is 10.1 Å². The molecule has 1 aliphatic heterocycles. The molecule has 7 heteroatoms. The van der Waals surface area contributed by atoms with E-state index in [9.17, 15) is 0 Å². The lowest BCUT2D eigenvalue weighted by Gasteiger charge is -2.38. The number of hydrogen-bond acceptors (Lipinski definition) is 7. The van der Waals surface area contributed by atoms with Crippen LogP contribution in [0.25, 0.3) is 0 Å². The van der Waals surface area contributed by atoms with Crippen LogP contribution in [0.1, 0.15) is 27.2 Å². The van der Waals surface area contributed by atoms with E-state index in [1.165, 1.54) is 5.06 Å². The fourth-order valence-electron chi connectivity index (χ4n) is 2.07. The standard InChI is InChI=1S/C15H23N5O2/c1-11(9-10-21-12-7-5-4-6-8-12)22-20-14(17)18-13(16)19-15(20,2)3/h4-8,11H,9-10H2,1-3H3,(H4,16,17,18,19)/t11-/m1/s1. The Bertz CT molecular complexity index is 556. The van der Waals surface area contributed by atoms with Crippen molar-refractivity contribution in [2.75, 3.05) is 6.61 Å². The summed E-state index contributed by atoms with van der Waals surface area (Å²) >= 11 is 0. The summed E-state index contributed by atoms with van der Waals surface area (Å²) in [5, 5.41) is 1.48. The third kappa shape index (κ3) is 4.11. The third-order valence-electron chi connectivity index (χ3n) is 3.14. The number of para-hydroxylation sites is 1. The molecule has 22 heavy (non-hydrogen) atoms. The minimum atomic E-state index is -0.690. The van der Waals surface area contributed by atoms with Gasteiger partial charge in [0.1, 0.15) is 5.75 Å². The summed E-state index contributed by atoms with van der Waals surface area (Å²) in [7, 11) is 0. The van der Waals surface area contributed by atoms with Gasteiger partial charge in [-0.1, -0.05) is 18.2 Å². The number of guanidine groups is 2. The van der Waals surface area contributed by atoms with Crippen LogP contribution in [0.4, 0.5) is 0 Å². The monoisotopic (exact) mass is 305 g/mol. The Kier molecular flexibility index (Phi) is 4.87. The van der Waals surface area contributed by atoms with Crippen molar-refractivity contribution >= 4 is 11.9 Å². The predicted octanol–water partition coefficient (Wildman–Crippen LogP) is 1.46. The summed E-state index contributed by atoms with van der Waals surface area (Å²) in [6.07, 6.45) is 0.597. The Morgan fingerprint density at radius 2 is 1.91 bits per heavy atom. The van der Waals surface area contributed by atoms with Gasteiger partial charge in [0.2, 0.25) is 11.9 Å². The molecule has 0 aliphatic carbocycles. The molecule has 0 radical (unpaired) electrons. The van der Waals surface area contributed by atoms with Crippen LogP contribution in [0.3, 0.4) is 0 Å². The molecule has 0 saturated heterocycles. The van der Waals surface area contributed by atoms with Crippen molar-refractivity contribution in [3.05, 3.63) is 30.3 Å².